The summed E-state index contributed by atoms with van der Waals surface area (Å²) >= 11 is 0. The molecule has 2 aromatic carbocycles. The molecule has 0 unspecified atom stereocenters. The van der Waals surface area contributed by atoms with Crippen molar-refractivity contribution in [2.24, 2.45) is 5.41 Å². The maximum atomic E-state index is 13.7. The Balaban J connectivity index is 1.58. The zero-order chi connectivity index (χ0) is 22.9. The van der Waals surface area contributed by atoms with Gasteiger partial charge in [-0.25, -0.2) is 4.39 Å². The summed E-state index contributed by atoms with van der Waals surface area (Å²) in [4.78, 5) is 28.7. The molecule has 32 heavy (non-hydrogen) atoms. The fraction of sp³-hybridized carbons (Fsp3) is 0.417. The van der Waals surface area contributed by atoms with E-state index in [-0.39, 0.29) is 24.8 Å². The number of fused-ring (bicyclic) bond motifs is 1. The van der Waals surface area contributed by atoms with E-state index in [0.29, 0.717) is 32.4 Å². The van der Waals surface area contributed by atoms with Crippen molar-refractivity contribution in [3.05, 3.63) is 71.0 Å². The molecule has 0 bridgehead atoms. The Bertz CT molecular complexity index is 996. The van der Waals surface area contributed by atoms with Crippen LogP contribution < -0.4 is 0 Å². The molecular weight excluding hydrogens is 424 g/mol. The normalized spacial score (nSPS) is 18.4. The number of benzene rings is 2. The quantitative estimate of drug-likeness (QED) is 0.650. The highest BCUT2D eigenvalue weighted by molar-refractivity contribution is 5.85. The van der Waals surface area contributed by atoms with Gasteiger partial charge in [-0.15, -0.1) is 0 Å². The first-order valence-corrected chi connectivity index (χ1v) is 10.6. The first-order valence-electron chi connectivity index (χ1n) is 10.6. The second kappa shape index (κ2) is 8.56. The number of likely N-dealkylation sites (tertiary alicyclic amines) is 1. The molecule has 2 aliphatic rings. The van der Waals surface area contributed by atoms with Gasteiger partial charge < -0.3 is 9.80 Å². The summed E-state index contributed by atoms with van der Waals surface area (Å²) in [6, 6.07) is 13.8. The summed E-state index contributed by atoms with van der Waals surface area (Å²) in [5.41, 5.74) is 2.08. The summed E-state index contributed by atoms with van der Waals surface area (Å²) in [7, 11) is 0. The van der Waals surface area contributed by atoms with Gasteiger partial charge in [-0.1, -0.05) is 36.4 Å². The molecule has 2 aliphatic heterocycles. The first-order chi connectivity index (χ1) is 15.2. The van der Waals surface area contributed by atoms with Crippen molar-refractivity contribution in [2.75, 3.05) is 13.1 Å². The Morgan fingerprint density at radius 3 is 2.22 bits per heavy atom. The Hall–Kier alpha value is -2.90. The lowest BCUT2D eigenvalue weighted by Gasteiger charge is -2.42. The van der Waals surface area contributed by atoms with E-state index in [1.807, 2.05) is 24.3 Å². The standard InChI is InChI=1S/C24H24F4N2O2/c25-20-7-5-17(6-8-20)15-30-16-19-4-2-1-3-18(19)13-23(22(30)32)9-11-29(12-10-23)21(31)14-24(26,27)28/h1-8H,9-16H2. The molecule has 0 aromatic heterocycles. The minimum Gasteiger partial charge on any atom is -0.342 e. The van der Waals surface area contributed by atoms with Gasteiger partial charge in [0.1, 0.15) is 12.2 Å². The van der Waals surface area contributed by atoms with Crippen molar-refractivity contribution in [3.8, 4) is 0 Å². The zero-order valence-corrected chi connectivity index (χ0v) is 17.5. The highest BCUT2D eigenvalue weighted by Gasteiger charge is 2.47. The van der Waals surface area contributed by atoms with E-state index in [0.717, 1.165) is 16.7 Å². The first kappa shape index (κ1) is 22.3. The van der Waals surface area contributed by atoms with E-state index in [1.165, 1.54) is 17.0 Å². The summed E-state index contributed by atoms with van der Waals surface area (Å²) in [6.07, 6.45) is -4.92. The maximum absolute atomic E-state index is 13.7. The zero-order valence-electron chi connectivity index (χ0n) is 17.5. The van der Waals surface area contributed by atoms with Crippen LogP contribution in [0.2, 0.25) is 0 Å². The molecule has 2 heterocycles. The topological polar surface area (TPSA) is 40.6 Å². The van der Waals surface area contributed by atoms with E-state index in [2.05, 4.69) is 0 Å². The van der Waals surface area contributed by atoms with Gasteiger partial charge in [-0.2, -0.15) is 13.2 Å². The van der Waals surface area contributed by atoms with Crippen molar-refractivity contribution in [3.63, 3.8) is 0 Å². The van der Waals surface area contributed by atoms with Crippen LogP contribution in [0.4, 0.5) is 17.6 Å². The Morgan fingerprint density at radius 1 is 0.969 bits per heavy atom. The molecule has 0 aliphatic carbocycles. The van der Waals surface area contributed by atoms with Gasteiger partial charge in [0.2, 0.25) is 11.8 Å². The minimum atomic E-state index is -4.55. The molecule has 0 N–H and O–H groups in total. The Labute approximate surface area is 183 Å². The van der Waals surface area contributed by atoms with Crippen LogP contribution in [0.5, 0.6) is 0 Å². The molecule has 2 aromatic rings. The lowest BCUT2D eigenvalue weighted by Crippen LogP contribution is -2.51. The number of carbonyl (C=O) groups is 2. The van der Waals surface area contributed by atoms with E-state index < -0.39 is 23.9 Å². The van der Waals surface area contributed by atoms with Gasteiger partial charge in [-0.3, -0.25) is 9.59 Å². The van der Waals surface area contributed by atoms with E-state index in [4.69, 9.17) is 0 Å². The number of hydrogen-bond donors (Lipinski definition) is 0. The average Bonchev–Trinajstić information content (AvgIpc) is 2.84. The lowest BCUT2D eigenvalue weighted by molar-refractivity contribution is -0.165. The molecule has 0 saturated carbocycles. The monoisotopic (exact) mass is 448 g/mol. The number of halogens is 4. The molecule has 0 radical (unpaired) electrons. The number of amides is 2. The largest absolute Gasteiger partial charge is 0.397 e. The van der Waals surface area contributed by atoms with Crippen LogP contribution in [0.3, 0.4) is 0 Å². The third-order valence-electron chi connectivity index (χ3n) is 6.46. The summed E-state index contributed by atoms with van der Waals surface area (Å²) in [5, 5.41) is 0. The predicted molar refractivity (Wildman–Crippen MR) is 110 cm³/mol. The van der Waals surface area contributed by atoms with Gasteiger partial charge >= 0.3 is 6.18 Å². The van der Waals surface area contributed by atoms with E-state index in [9.17, 15) is 27.2 Å². The van der Waals surface area contributed by atoms with Crippen molar-refractivity contribution >= 4 is 11.8 Å². The molecule has 170 valence electrons. The smallest absolute Gasteiger partial charge is 0.342 e. The van der Waals surface area contributed by atoms with Crippen LogP contribution in [0.25, 0.3) is 0 Å². The van der Waals surface area contributed by atoms with Gasteiger partial charge in [0, 0.05) is 26.2 Å². The van der Waals surface area contributed by atoms with Crippen molar-refractivity contribution in [1.29, 1.82) is 0 Å². The van der Waals surface area contributed by atoms with Crippen LogP contribution in [-0.4, -0.2) is 40.9 Å². The van der Waals surface area contributed by atoms with Crippen LogP contribution >= 0.6 is 0 Å². The Kier molecular flexibility index (Phi) is 5.97. The minimum absolute atomic E-state index is 0.0686. The summed E-state index contributed by atoms with van der Waals surface area (Å²) in [6.45, 7) is 0.956. The van der Waals surface area contributed by atoms with E-state index in [1.54, 1.807) is 17.0 Å². The van der Waals surface area contributed by atoms with Gasteiger partial charge in [0.05, 0.1) is 5.41 Å². The average molecular weight is 448 g/mol. The molecule has 1 spiro atoms. The lowest BCUT2D eigenvalue weighted by atomic mass is 9.72. The SMILES string of the molecule is O=C(CC(F)(F)F)N1CCC2(CC1)Cc1ccccc1CN(Cc1ccc(F)cc1)C2=O. The molecule has 2 amide bonds. The second-order valence-corrected chi connectivity index (χ2v) is 8.69. The molecule has 8 heteroatoms. The molecule has 4 rings (SSSR count). The fourth-order valence-corrected chi connectivity index (χ4v) is 4.73. The summed E-state index contributed by atoms with van der Waals surface area (Å²) in [5.74, 6) is -1.37. The van der Waals surface area contributed by atoms with Gasteiger partial charge in [0.15, 0.2) is 0 Å². The molecular formula is C24H24F4N2O2. The number of piperidine rings is 1. The predicted octanol–water partition coefficient (Wildman–Crippen LogP) is 4.47. The van der Waals surface area contributed by atoms with Crippen LogP contribution in [0.15, 0.2) is 48.5 Å². The molecule has 0 atom stereocenters. The second-order valence-electron chi connectivity index (χ2n) is 8.69. The van der Waals surface area contributed by atoms with Gasteiger partial charge in [-0.05, 0) is 48.1 Å². The van der Waals surface area contributed by atoms with Crippen molar-refractivity contribution < 1.29 is 27.2 Å². The molecule has 4 nitrogen and oxygen atoms in total. The van der Waals surface area contributed by atoms with Crippen LogP contribution in [-0.2, 0) is 29.1 Å². The Morgan fingerprint density at radius 2 is 1.59 bits per heavy atom. The third kappa shape index (κ3) is 4.79. The van der Waals surface area contributed by atoms with Crippen LogP contribution in [0, 0.1) is 11.2 Å². The number of alkyl halides is 3. The van der Waals surface area contributed by atoms with Crippen molar-refractivity contribution in [1.82, 2.24) is 9.80 Å². The van der Waals surface area contributed by atoms with Gasteiger partial charge in [0.25, 0.3) is 0 Å². The highest BCUT2D eigenvalue weighted by atomic mass is 19.4. The third-order valence-corrected chi connectivity index (χ3v) is 6.46. The number of rotatable bonds is 3. The van der Waals surface area contributed by atoms with Crippen molar-refractivity contribution in [2.45, 2.75) is 44.9 Å². The van der Waals surface area contributed by atoms with Crippen LogP contribution in [0.1, 0.15) is 36.0 Å². The van der Waals surface area contributed by atoms with E-state index >= 15 is 0 Å². The fourth-order valence-electron chi connectivity index (χ4n) is 4.73. The number of carbonyl (C=O) groups excluding carboxylic acids is 2. The number of hydrogen-bond acceptors (Lipinski definition) is 2. The molecule has 1 fully saturated rings. The number of nitrogens with zero attached hydrogens (tertiary/aromatic N) is 2. The molecule has 1 saturated heterocycles. The summed E-state index contributed by atoms with van der Waals surface area (Å²) < 4.78 is 51.2. The maximum Gasteiger partial charge on any atom is 0.397 e. The highest BCUT2D eigenvalue weighted by Crippen LogP contribution is 2.41.